The Morgan fingerprint density at radius 2 is 1.97 bits per heavy atom. The molecule has 162 valence electrons. The van der Waals surface area contributed by atoms with Crippen LogP contribution in [0, 0.1) is 6.92 Å². The van der Waals surface area contributed by atoms with Crippen LogP contribution in [0.3, 0.4) is 0 Å². The van der Waals surface area contributed by atoms with Crippen LogP contribution in [-0.4, -0.2) is 48.2 Å². The first-order valence-corrected chi connectivity index (χ1v) is 10.9. The van der Waals surface area contributed by atoms with Crippen molar-refractivity contribution in [3.63, 3.8) is 0 Å². The second-order valence-corrected chi connectivity index (χ2v) is 7.89. The van der Waals surface area contributed by atoms with E-state index in [1.165, 1.54) is 0 Å². The number of rotatable bonds is 8. The zero-order chi connectivity index (χ0) is 21.7. The standard InChI is InChI=1S/C24H33N3O3/c1-5-21-23(24(29)25-15-19-8-7-13-26(19)6-2)22(28)14-17(3)27(21)16-18-9-11-20(30-4)12-10-18/h9-12,14,19H,5-8,13,15-16H2,1-4H3,(H,25,29). The van der Waals surface area contributed by atoms with Gasteiger partial charge in [-0.1, -0.05) is 26.0 Å². The maximum absolute atomic E-state index is 13.0. The lowest BCUT2D eigenvalue weighted by Crippen LogP contribution is -2.41. The van der Waals surface area contributed by atoms with Gasteiger partial charge >= 0.3 is 0 Å². The van der Waals surface area contributed by atoms with Crippen LogP contribution in [-0.2, 0) is 13.0 Å². The van der Waals surface area contributed by atoms with E-state index in [9.17, 15) is 9.59 Å². The number of aromatic nitrogens is 1. The van der Waals surface area contributed by atoms with E-state index in [-0.39, 0.29) is 16.9 Å². The molecule has 1 aliphatic heterocycles. The maximum atomic E-state index is 13.0. The van der Waals surface area contributed by atoms with Crippen LogP contribution in [0.1, 0.15) is 54.0 Å². The third-order valence-electron chi connectivity index (χ3n) is 6.09. The molecule has 6 nitrogen and oxygen atoms in total. The minimum Gasteiger partial charge on any atom is -0.497 e. The van der Waals surface area contributed by atoms with Crippen molar-refractivity contribution in [2.45, 2.75) is 52.6 Å². The molecule has 6 heteroatoms. The fourth-order valence-electron chi connectivity index (χ4n) is 4.42. The van der Waals surface area contributed by atoms with Gasteiger partial charge in [0.25, 0.3) is 5.91 Å². The highest BCUT2D eigenvalue weighted by molar-refractivity contribution is 5.95. The van der Waals surface area contributed by atoms with Crippen molar-refractivity contribution in [3.05, 3.63) is 63.1 Å². The first-order valence-electron chi connectivity index (χ1n) is 10.9. The molecule has 0 spiro atoms. The van der Waals surface area contributed by atoms with Gasteiger partial charge in [-0.15, -0.1) is 0 Å². The summed E-state index contributed by atoms with van der Waals surface area (Å²) in [6.45, 7) is 9.31. The molecule has 1 aromatic heterocycles. The SMILES string of the molecule is CCc1c(C(=O)NCC2CCCN2CC)c(=O)cc(C)n1Cc1ccc(OC)cc1. The maximum Gasteiger partial charge on any atom is 0.257 e. The van der Waals surface area contributed by atoms with E-state index in [0.717, 1.165) is 48.6 Å². The molecule has 0 aliphatic carbocycles. The van der Waals surface area contributed by atoms with E-state index in [4.69, 9.17) is 4.74 Å². The van der Waals surface area contributed by atoms with Crippen molar-refractivity contribution in [1.82, 2.24) is 14.8 Å². The summed E-state index contributed by atoms with van der Waals surface area (Å²) in [5.41, 5.74) is 2.81. The fourth-order valence-corrected chi connectivity index (χ4v) is 4.42. The molecule has 1 amide bonds. The van der Waals surface area contributed by atoms with Gasteiger partial charge in [-0.2, -0.15) is 0 Å². The third kappa shape index (κ3) is 4.75. The first-order chi connectivity index (χ1) is 14.5. The minimum absolute atomic E-state index is 0.202. The number of pyridine rings is 1. The van der Waals surface area contributed by atoms with Gasteiger partial charge in [-0.3, -0.25) is 14.5 Å². The number of amides is 1. The summed E-state index contributed by atoms with van der Waals surface area (Å²) in [4.78, 5) is 28.2. The predicted molar refractivity (Wildman–Crippen MR) is 120 cm³/mol. The number of ether oxygens (including phenoxy) is 1. The average Bonchev–Trinajstić information content (AvgIpc) is 3.21. The van der Waals surface area contributed by atoms with Crippen molar-refractivity contribution in [2.24, 2.45) is 0 Å². The lowest BCUT2D eigenvalue weighted by molar-refractivity contribution is 0.0938. The van der Waals surface area contributed by atoms with Crippen molar-refractivity contribution in [1.29, 1.82) is 0 Å². The first kappa shape index (κ1) is 22.1. The number of carbonyl (C=O) groups is 1. The molecule has 1 atom stereocenters. The number of nitrogens with zero attached hydrogens (tertiary/aromatic N) is 2. The Morgan fingerprint density at radius 3 is 2.60 bits per heavy atom. The van der Waals surface area contributed by atoms with E-state index in [1.807, 2.05) is 38.1 Å². The molecule has 0 bridgehead atoms. The van der Waals surface area contributed by atoms with Gasteiger partial charge in [0.05, 0.1) is 7.11 Å². The van der Waals surface area contributed by atoms with Gasteiger partial charge in [-0.25, -0.2) is 0 Å². The molecule has 1 N–H and O–H groups in total. The summed E-state index contributed by atoms with van der Waals surface area (Å²) in [6, 6.07) is 9.80. The number of likely N-dealkylation sites (tertiary alicyclic amines) is 1. The number of carbonyl (C=O) groups excluding carboxylic acids is 1. The highest BCUT2D eigenvalue weighted by atomic mass is 16.5. The van der Waals surface area contributed by atoms with Crippen molar-refractivity contribution < 1.29 is 9.53 Å². The Hall–Kier alpha value is -2.60. The molecule has 2 heterocycles. The second-order valence-electron chi connectivity index (χ2n) is 7.89. The Labute approximate surface area is 178 Å². The molecule has 1 aliphatic rings. The largest absolute Gasteiger partial charge is 0.497 e. The monoisotopic (exact) mass is 411 g/mol. The van der Waals surface area contributed by atoms with Crippen LogP contribution in [0.2, 0.25) is 0 Å². The van der Waals surface area contributed by atoms with Crippen LogP contribution >= 0.6 is 0 Å². The third-order valence-corrected chi connectivity index (χ3v) is 6.09. The molecule has 0 saturated carbocycles. The number of benzene rings is 1. The van der Waals surface area contributed by atoms with Crippen molar-refractivity contribution in [2.75, 3.05) is 26.7 Å². The van der Waals surface area contributed by atoms with Crippen LogP contribution in [0.4, 0.5) is 0 Å². The van der Waals surface area contributed by atoms with Gasteiger partial charge in [0.2, 0.25) is 0 Å². The van der Waals surface area contributed by atoms with E-state index in [0.29, 0.717) is 25.6 Å². The predicted octanol–water partition coefficient (Wildman–Crippen LogP) is 2.99. The molecule has 3 rings (SSSR count). The lowest BCUT2D eigenvalue weighted by atomic mass is 10.1. The summed E-state index contributed by atoms with van der Waals surface area (Å²) < 4.78 is 7.31. The number of hydrogen-bond acceptors (Lipinski definition) is 4. The highest BCUT2D eigenvalue weighted by Crippen LogP contribution is 2.18. The number of nitrogens with one attached hydrogen (secondary N) is 1. The zero-order valence-electron chi connectivity index (χ0n) is 18.5. The minimum atomic E-state index is -0.261. The van der Waals surface area contributed by atoms with E-state index >= 15 is 0 Å². The Kier molecular flexibility index (Phi) is 7.32. The van der Waals surface area contributed by atoms with Crippen LogP contribution in [0.25, 0.3) is 0 Å². The normalized spacial score (nSPS) is 16.6. The smallest absolute Gasteiger partial charge is 0.257 e. The van der Waals surface area contributed by atoms with Crippen LogP contribution in [0.15, 0.2) is 35.1 Å². The Balaban J connectivity index is 1.85. The quantitative estimate of drug-likeness (QED) is 0.725. The average molecular weight is 412 g/mol. The summed E-state index contributed by atoms with van der Waals surface area (Å²) in [5, 5.41) is 3.04. The molecule has 30 heavy (non-hydrogen) atoms. The highest BCUT2D eigenvalue weighted by Gasteiger charge is 2.25. The number of methoxy groups -OCH3 is 1. The molecular formula is C24H33N3O3. The zero-order valence-corrected chi connectivity index (χ0v) is 18.5. The fraction of sp³-hybridized carbons (Fsp3) is 0.500. The van der Waals surface area contributed by atoms with Crippen LogP contribution in [0.5, 0.6) is 5.75 Å². The van der Waals surface area contributed by atoms with Gasteiger partial charge in [0, 0.05) is 36.6 Å². The molecule has 0 radical (unpaired) electrons. The summed E-state index contributed by atoms with van der Waals surface area (Å²) in [5.74, 6) is 0.544. The van der Waals surface area contributed by atoms with E-state index in [1.54, 1.807) is 13.2 Å². The molecule has 1 aromatic carbocycles. The number of aryl methyl sites for hydroxylation is 1. The number of likely N-dealkylation sites (N-methyl/N-ethyl adjacent to an activating group) is 1. The van der Waals surface area contributed by atoms with Gasteiger partial charge in [0.1, 0.15) is 11.3 Å². The van der Waals surface area contributed by atoms with E-state index in [2.05, 4.69) is 21.7 Å². The Bertz CT molecular complexity index is 934. The molecule has 1 saturated heterocycles. The van der Waals surface area contributed by atoms with E-state index < -0.39 is 0 Å². The Morgan fingerprint density at radius 1 is 1.23 bits per heavy atom. The summed E-state index contributed by atoms with van der Waals surface area (Å²) >= 11 is 0. The van der Waals surface area contributed by atoms with Gasteiger partial charge < -0.3 is 14.6 Å². The van der Waals surface area contributed by atoms with Gasteiger partial charge in [0.15, 0.2) is 5.43 Å². The van der Waals surface area contributed by atoms with Crippen molar-refractivity contribution in [3.8, 4) is 5.75 Å². The number of hydrogen-bond donors (Lipinski definition) is 1. The summed E-state index contributed by atoms with van der Waals surface area (Å²) in [6.07, 6.45) is 2.86. The van der Waals surface area contributed by atoms with Gasteiger partial charge in [-0.05, 0) is 57.0 Å². The second kappa shape index (κ2) is 9.94. The molecule has 1 fully saturated rings. The molecule has 2 aromatic rings. The topological polar surface area (TPSA) is 63.6 Å². The lowest BCUT2D eigenvalue weighted by Gasteiger charge is -2.24. The van der Waals surface area contributed by atoms with Crippen molar-refractivity contribution >= 4 is 5.91 Å². The van der Waals surface area contributed by atoms with Crippen LogP contribution < -0.4 is 15.5 Å². The summed E-state index contributed by atoms with van der Waals surface area (Å²) in [7, 11) is 1.65. The molecular weight excluding hydrogens is 378 g/mol. The molecule has 1 unspecified atom stereocenters.